The van der Waals surface area contributed by atoms with Crippen LogP contribution in [0.4, 0.5) is 0 Å². The van der Waals surface area contributed by atoms with Gasteiger partial charge in [-0.15, -0.1) is 0 Å². The van der Waals surface area contributed by atoms with E-state index in [2.05, 4.69) is 15.0 Å². The number of aromatic nitrogens is 3. The number of nitrogens with zero attached hydrogens (tertiary/aromatic N) is 3. The van der Waals surface area contributed by atoms with Crippen LogP contribution in [0.5, 0.6) is 34.5 Å². The first kappa shape index (κ1) is 29.8. The molecule has 3 heterocycles. The van der Waals surface area contributed by atoms with Gasteiger partial charge in [0, 0.05) is 34.7 Å². The first-order chi connectivity index (χ1) is 19.0. The molecular weight excluding hydrogens is 525 g/mol. The average molecular weight is 550 g/mol. The van der Waals surface area contributed by atoms with Crippen molar-refractivity contribution in [2.45, 2.75) is 0 Å². The molecular formula is C30H24AlN3O6. The van der Waals surface area contributed by atoms with Gasteiger partial charge in [0.25, 0.3) is 0 Å². The summed E-state index contributed by atoms with van der Waals surface area (Å²) in [7, 11) is 4.73. The predicted octanol–water partition coefficient (Wildman–Crippen LogP) is 3.57. The summed E-state index contributed by atoms with van der Waals surface area (Å²) in [5.41, 5.74) is 1.38. The first-order valence-corrected chi connectivity index (χ1v) is 11.7. The van der Waals surface area contributed by atoms with Gasteiger partial charge in [-0.05, 0) is 54.6 Å². The second-order valence-corrected chi connectivity index (χ2v) is 8.00. The van der Waals surface area contributed by atoms with E-state index >= 15 is 0 Å². The quantitative estimate of drug-likeness (QED) is 0.304. The van der Waals surface area contributed by atoms with Crippen LogP contribution in [0.15, 0.2) is 91.4 Å². The van der Waals surface area contributed by atoms with Gasteiger partial charge in [-0.1, -0.05) is 35.4 Å². The molecule has 0 radical (unpaired) electrons. The van der Waals surface area contributed by atoms with Gasteiger partial charge in [0.2, 0.25) is 0 Å². The summed E-state index contributed by atoms with van der Waals surface area (Å²) in [5.74, 6) is 1.83. The van der Waals surface area contributed by atoms with E-state index in [1.807, 2.05) is 18.2 Å². The Morgan fingerprint density at radius 3 is 0.975 bits per heavy atom. The Balaban J connectivity index is 0.000000163. The molecule has 0 saturated heterocycles. The Morgan fingerprint density at radius 1 is 0.450 bits per heavy atom. The largest absolute Gasteiger partial charge is 3.00 e. The van der Waals surface area contributed by atoms with Gasteiger partial charge in [0.15, 0.2) is 0 Å². The molecule has 40 heavy (non-hydrogen) atoms. The molecule has 0 atom stereocenters. The molecule has 0 aliphatic heterocycles. The van der Waals surface area contributed by atoms with Crippen LogP contribution in [-0.4, -0.2) is 53.6 Å². The van der Waals surface area contributed by atoms with Gasteiger partial charge in [-0.2, -0.15) is 0 Å². The molecule has 0 N–H and O–H groups in total. The SMILES string of the molecule is COc1ccc([O-])c2ncccc12.COc1ccc([O-])c2ncccc12.COc1ccc([O-])c2ncccc12.[Al+3]. The summed E-state index contributed by atoms with van der Waals surface area (Å²) in [6.45, 7) is 0. The van der Waals surface area contributed by atoms with Crippen LogP contribution in [0.25, 0.3) is 32.7 Å². The number of hydrogen-bond acceptors (Lipinski definition) is 9. The fourth-order valence-electron chi connectivity index (χ4n) is 3.90. The van der Waals surface area contributed by atoms with Crippen molar-refractivity contribution in [3.63, 3.8) is 0 Å². The van der Waals surface area contributed by atoms with Crippen LogP contribution in [0, 0.1) is 0 Å². The summed E-state index contributed by atoms with van der Waals surface area (Å²) in [4.78, 5) is 12.0. The maximum atomic E-state index is 11.3. The van der Waals surface area contributed by atoms with Crippen molar-refractivity contribution in [1.82, 2.24) is 15.0 Å². The average Bonchev–Trinajstić information content (AvgIpc) is 2.99. The van der Waals surface area contributed by atoms with Crippen molar-refractivity contribution >= 4 is 50.1 Å². The summed E-state index contributed by atoms with van der Waals surface area (Å²) in [6, 6.07) is 20.2. The summed E-state index contributed by atoms with van der Waals surface area (Å²) in [6.07, 6.45) is 4.80. The van der Waals surface area contributed by atoms with E-state index in [9.17, 15) is 15.3 Å². The number of ether oxygens (including phenoxy) is 3. The second kappa shape index (κ2) is 13.9. The van der Waals surface area contributed by atoms with E-state index in [4.69, 9.17) is 14.2 Å². The first-order valence-electron chi connectivity index (χ1n) is 11.7. The molecule has 0 amide bonds. The van der Waals surface area contributed by atoms with Crippen LogP contribution in [0.1, 0.15) is 0 Å². The molecule has 0 aliphatic carbocycles. The van der Waals surface area contributed by atoms with Gasteiger partial charge >= 0.3 is 17.4 Å². The van der Waals surface area contributed by atoms with Gasteiger partial charge in [-0.25, -0.2) is 0 Å². The molecule has 198 valence electrons. The topological polar surface area (TPSA) is 136 Å². The number of benzene rings is 3. The zero-order chi connectivity index (χ0) is 27.8. The minimum atomic E-state index is -0.0728. The molecule has 0 aliphatic rings. The summed E-state index contributed by atoms with van der Waals surface area (Å²) < 4.78 is 15.3. The van der Waals surface area contributed by atoms with Gasteiger partial charge in [-0.3, -0.25) is 15.0 Å². The van der Waals surface area contributed by atoms with E-state index in [1.165, 1.54) is 18.2 Å². The minimum absolute atomic E-state index is 0. The third-order valence-electron chi connectivity index (χ3n) is 5.74. The van der Waals surface area contributed by atoms with E-state index in [-0.39, 0.29) is 34.6 Å². The molecule has 10 heteroatoms. The van der Waals surface area contributed by atoms with Crippen LogP contribution in [0.3, 0.4) is 0 Å². The zero-order valence-corrected chi connectivity index (χ0v) is 23.2. The molecule has 0 bridgehead atoms. The smallest absolute Gasteiger partial charge is 0.871 e. The molecule has 0 unspecified atom stereocenters. The zero-order valence-electron chi connectivity index (χ0n) is 22.0. The van der Waals surface area contributed by atoms with E-state index in [0.29, 0.717) is 33.8 Å². The van der Waals surface area contributed by atoms with E-state index < -0.39 is 0 Å². The predicted molar refractivity (Wildman–Crippen MR) is 149 cm³/mol. The normalized spacial score (nSPS) is 9.97. The third-order valence-corrected chi connectivity index (χ3v) is 5.74. The molecule has 0 spiro atoms. The molecule has 3 aromatic heterocycles. The standard InChI is InChI=1S/3C10H9NO2.Al/c3*1-13-9-5-4-8(12)10-7(9)3-2-6-11-10;/h3*2-6,12H,1H3;/q;;;+3/p-3. The second-order valence-electron chi connectivity index (χ2n) is 8.00. The molecule has 6 rings (SSSR count). The Kier molecular flexibility index (Phi) is 10.3. The Bertz CT molecular complexity index is 1530. The van der Waals surface area contributed by atoms with Crippen LogP contribution >= 0.6 is 0 Å². The fraction of sp³-hybridized carbons (Fsp3) is 0.100. The maximum Gasteiger partial charge on any atom is 3.00 e. The minimum Gasteiger partial charge on any atom is -0.871 e. The van der Waals surface area contributed by atoms with Crippen molar-refractivity contribution in [3.05, 3.63) is 91.4 Å². The monoisotopic (exact) mass is 549 g/mol. The number of pyridine rings is 3. The van der Waals surface area contributed by atoms with Crippen molar-refractivity contribution in [2.24, 2.45) is 0 Å². The maximum absolute atomic E-state index is 11.3. The Hall–Kier alpha value is -4.78. The fourth-order valence-corrected chi connectivity index (χ4v) is 3.90. The summed E-state index contributed by atoms with van der Waals surface area (Å²) in [5, 5.41) is 36.3. The number of methoxy groups -OCH3 is 3. The van der Waals surface area contributed by atoms with Crippen LogP contribution < -0.4 is 29.5 Å². The molecule has 0 fully saturated rings. The molecule has 3 aromatic carbocycles. The van der Waals surface area contributed by atoms with Crippen molar-refractivity contribution < 1.29 is 29.5 Å². The molecule has 9 nitrogen and oxygen atoms in total. The molecule has 0 saturated carbocycles. The molecule has 6 aromatic rings. The number of hydrogen-bond donors (Lipinski definition) is 0. The van der Waals surface area contributed by atoms with Crippen LogP contribution in [-0.2, 0) is 0 Å². The van der Waals surface area contributed by atoms with Gasteiger partial charge in [0.05, 0.1) is 37.9 Å². The third kappa shape index (κ3) is 6.43. The van der Waals surface area contributed by atoms with E-state index in [0.717, 1.165) is 16.2 Å². The summed E-state index contributed by atoms with van der Waals surface area (Å²) >= 11 is 0. The van der Waals surface area contributed by atoms with Crippen LogP contribution in [0.2, 0.25) is 0 Å². The van der Waals surface area contributed by atoms with Crippen molar-refractivity contribution in [1.29, 1.82) is 0 Å². The Morgan fingerprint density at radius 2 is 0.725 bits per heavy atom. The van der Waals surface area contributed by atoms with Gasteiger partial charge < -0.3 is 29.5 Å². The number of fused-ring (bicyclic) bond motifs is 3. The van der Waals surface area contributed by atoms with E-state index in [1.54, 1.807) is 76.3 Å². The number of rotatable bonds is 3. The van der Waals surface area contributed by atoms with Crippen molar-refractivity contribution in [3.8, 4) is 34.5 Å². The van der Waals surface area contributed by atoms with Gasteiger partial charge in [0.1, 0.15) is 17.2 Å². The Labute approximate surface area is 241 Å². The van der Waals surface area contributed by atoms with Crippen molar-refractivity contribution in [2.75, 3.05) is 21.3 Å².